The molecule has 40 heavy (non-hydrogen) atoms. The van der Waals surface area contributed by atoms with Crippen LogP contribution in [-0.2, 0) is 32.6 Å². The van der Waals surface area contributed by atoms with Crippen LogP contribution in [0.1, 0.15) is 31.4 Å². The molecule has 1 unspecified atom stereocenters. The molecule has 214 valence electrons. The number of amides is 2. The van der Waals surface area contributed by atoms with Gasteiger partial charge in [0, 0.05) is 19.5 Å². The number of rotatable bonds is 14. The number of ether oxygens (including phenoxy) is 1. The molecule has 0 bridgehead atoms. The molecule has 0 aliphatic carbocycles. The summed E-state index contributed by atoms with van der Waals surface area (Å²) in [5.41, 5.74) is 1.72. The molecule has 0 radical (unpaired) electrons. The second-order valence-corrected chi connectivity index (χ2v) is 11.2. The van der Waals surface area contributed by atoms with Crippen molar-refractivity contribution in [3.63, 3.8) is 0 Å². The Kier molecular flexibility index (Phi) is 11.1. The largest absolute Gasteiger partial charge is 0.494 e. The Morgan fingerprint density at radius 2 is 1.57 bits per heavy atom. The number of carbonyl (C=O) groups excluding carboxylic acids is 2. The van der Waals surface area contributed by atoms with Gasteiger partial charge in [-0.15, -0.1) is 0 Å². The Morgan fingerprint density at radius 3 is 2.15 bits per heavy atom. The highest BCUT2D eigenvalue weighted by molar-refractivity contribution is 7.92. The molecule has 8 nitrogen and oxygen atoms in total. The Balaban J connectivity index is 2.01. The molecule has 1 atom stereocenters. The average Bonchev–Trinajstić information content (AvgIpc) is 2.94. The van der Waals surface area contributed by atoms with Crippen molar-refractivity contribution in [3.05, 3.63) is 95.8 Å². The minimum Gasteiger partial charge on any atom is -0.494 e. The fourth-order valence-electron chi connectivity index (χ4n) is 4.20. The molecule has 0 saturated heterocycles. The number of nitrogens with one attached hydrogen (secondary N) is 1. The molecule has 0 heterocycles. The molecule has 2 amide bonds. The summed E-state index contributed by atoms with van der Waals surface area (Å²) in [6.45, 7) is 4.10. The van der Waals surface area contributed by atoms with Crippen LogP contribution in [0.25, 0.3) is 0 Å². The number of hydrogen-bond acceptors (Lipinski definition) is 5. The van der Waals surface area contributed by atoms with Gasteiger partial charge in [0.25, 0.3) is 0 Å². The highest BCUT2D eigenvalue weighted by atomic mass is 32.2. The molecular formula is C30H36FN3O5S. The van der Waals surface area contributed by atoms with E-state index in [0.29, 0.717) is 30.9 Å². The smallest absolute Gasteiger partial charge is 0.244 e. The van der Waals surface area contributed by atoms with Gasteiger partial charge in [-0.2, -0.15) is 0 Å². The summed E-state index contributed by atoms with van der Waals surface area (Å²) >= 11 is 0. The lowest BCUT2D eigenvalue weighted by atomic mass is 10.0. The van der Waals surface area contributed by atoms with Crippen molar-refractivity contribution in [2.24, 2.45) is 0 Å². The molecule has 10 heteroatoms. The zero-order valence-corrected chi connectivity index (χ0v) is 23.9. The topological polar surface area (TPSA) is 96.0 Å². The molecule has 0 fully saturated rings. The third-order valence-electron chi connectivity index (χ3n) is 6.20. The van der Waals surface area contributed by atoms with Gasteiger partial charge in [-0.3, -0.25) is 13.9 Å². The van der Waals surface area contributed by atoms with E-state index in [1.165, 1.54) is 17.0 Å². The van der Waals surface area contributed by atoms with Crippen molar-refractivity contribution in [1.29, 1.82) is 0 Å². The van der Waals surface area contributed by atoms with Gasteiger partial charge >= 0.3 is 0 Å². The van der Waals surface area contributed by atoms with E-state index in [2.05, 4.69) is 5.32 Å². The van der Waals surface area contributed by atoms with Crippen LogP contribution < -0.4 is 14.4 Å². The predicted octanol–water partition coefficient (Wildman–Crippen LogP) is 4.16. The number of anilines is 1. The van der Waals surface area contributed by atoms with E-state index in [4.69, 9.17) is 4.74 Å². The highest BCUT2D eigenvalue weighted by Gasteiger charge is 2.33. The van der Waals surface area contributed by atoms with Crippen molar-refractivity contribution < 1.29 is 27.1 Å². The standard InChI is InChI=1S/C30H36FN3O5S/c1-4-19-32-30(36)28(20-23-9-7-6-8-10-23)33(21-24-11-13-25(31)14-12-24)29(35)22-34(40(3,37)38)26-15-17-27(18-16-26)39-5-2/h6-18,28H,4-5,19-22H2,1-3H3,(H,32,36). The Hall–Kier alpha value is -3.92. The molecule has 0 aliphatic rings. The van der Waals surface area contributed by atoms with E-state index in [1.54, 1.807) is 36.4 Å². The Morgan fingerprint density at radius 1 is 0.925 bits per heavy atom. The van der Waals surface area contributed by atoms with Gasteiger partial charge in [0.1, 0.15) is 24.2 Å². The van der Waals surface area contributed by atoms with Crippen molar-refractivity contribution in [1.82, 2.24) is 10.2 Å². The first-order valence-corrected chi connectivity index (χ1v) is 15.0. The molecule has 1 N–H and O–H groups in total. The molecule has 0 spiro atoms. The minimum absolute atomic E-state index is 0.0168. The summed E-state index contributed by atoms with van der Waals surface area (Å²) < 4.78 is 45.8. The second kappa shape index (κ2) is 14.5. The number of carbonyl (C=O) groups is 2. The zero-order valence-electron chi connectivity index (χ0n) is 23.0. The van der Waals surface area contributed by atoms with Crippen molar-refractivity contribution in [2.75, 3.05) is 30.3 Å². The maximum absolute atomic E-state index is 14.0. The van der Waals surface area contributed by atoms with Crippen LogP contribution in [-0.4, -0.2) is 57.1 Å². The van der Waals surface area contributed by atoms with Crippen LogP contribution in [0, 0.1) is 5.82 Å². The average molecular weight is 570 g/mol. The third-order valence-corrected chi connectivity index (χ3v) is 7.34. The summed E-state index contributed by atoms with van der Waals surface area (Å²) in [7, 11) is -3.87. The molecule has 3 aromatic carbocycles. The van der Waals surface area contributed by atoms with Gasteiger partial charge in [-0.25, -0.2) is 12.8 Å². The molecule has 0 saturated carbocycles. The second-order valence-electron chi connectivity index (χ2n) is 9.34. The maximum atomic E-state index is 14.0. The van der Waals surface area contributed by atoms with Gasteiger partial charge in [-0.1, -0.05) is 49.4 Å². The fourth-order valence-corrected chi connectivity index (χ4v) is 5.05. The monoisotopic (exact) mass is 569 g/mol. The lowest BCUT2D eigenvalue weighted by Crippen LogP contribution is -2.53. The summed E-state index contributed by atoms with van der Waals surface area (Å²) in [4.78, 5) is 28.8. The van der Waals surface area contributed by atoms with E-state index in [1.807, 2.05) is 44.2 Å². The molecule has 0 aromatic heterocycles. The first-order chi connectivity index (χ1) is 19.1. The first kappa shape index (κ1) is 30.6. The van der Waals surface area contributed by atoms with Crippen molar-refractivity contribution >= 4 is 27.5 Å². The first-order valence-electron chi connectivity index (χ1n) is 13.2. The van der Waals surface area contributed by atoms with Crippen LogP contribution in [0.4, 0.5) is 10.1 Å². The van der Waals surface area contributed by atoms with Gasteiger partial charge in [0.2, 0.25) is 21.8 Å². The molecule has 3 aromatic rings. The van der Waals surface area contributed by atoms with Crippen LogP contribution in [0.3, 0.4) is 0 Å². The Bertz CT molecular complexity index is 1350. The van der Waals surface area contributed by atoms with Crippen molar-refractivity contribution in [3.8, 4) is 5.75 Å². The quantitative estimate of drug-likeness (QED) is 0.315. The van der Waals surface area contributed by atoms with E-state index >= 15 is 0 Å². The highest BCUT2D eigenvalue weighted by Crippen LogP contribution is 2.23. The van der Waals surface area contributed by atoms with Gasteiger partial charge in [0.15, 0.2) is 0 Å². The lowest BCUT2D eigenvalue weighted by molar-refractivity contribution is -0.140. The van der Waals surface area contributed by atoms with Gasteiger partial charge < -0.3 is 15.0 Å². The number of benzene rings is 3. The predicted molar refractivity (Wildman–Crippen MR) is 154 cm³/mol. The zero-order chi connectivity index (χ0) is 29.1. The maximum Gasteiger partial charge on any atom is 0.244 e. The summed E-state index contributed by atoms with van der Waals surface area (Å²) in [5, 5.41) is 2.88. The summed E-state index contributed by atoms with van der Waals surface area (Å²) in [6.07, 6.45) is 1.94. The number of nitrogens with zero attached hydrogens (tertiary/aromatic N) is 2. The van der Waals surface area contributed by atoms with Gasteiger partial charge in [0.05, 0.1) is 18.6 Å². The number of sulfonamides is 1. The van der Waals surface area contributed by atoms with Gasteiger partial charge in [-0.05, 0) is 60.9 Å². The molecular weight excluding hydrogens is 533 g/mol. The molecule has 0 aliphatic heterocycles. The molecule has 3 rings (SSSR count). The number of halogens is 1. The van der Waals surface area contributed by atoms with Crippen LogP contribution in [0.5, 0.6) is 5.75 Å². The van der Waals surface area contributed by atoms with Crippen LogP contribution in [0.15, 0.2) is 78.9 Å². The van der Waals surface area contributed by atoms with Crippen LogP contribution >= 0.6 is 0 Å². The number of hydrogen-bond donors (Lipinski definition) is 1. The third kappa shape index (κ3) is 8.81. The van der Waals surface area contributed by atoms with E-state index < -0.39 is 34.3 Å². The lowest BCUT2D eigenvalue weighted by Gasteiger charge is -2.33. The van der Waals surface area contributed by atoms with E-state index in [9.17, 15) is 22.4 Å². The summed E-state index contributed by atoms with van der Waals surface area (Å²) in [6, 6.07) is 20.4. The SMILES string of the molecule is CCCNC(=O)C(Cc1ccccc1)N(Cc1ccc(F)cc1)C(=O)CN(c1ccc(OCC)cc1)S(C)(=O)=O. The van der Waals surface area contributed by atoms with E-state index in [-0.39, 0.29) is 24.6 Å². The van der Waals surface area contributed by atoms with E-state index in [0.717, 1.165) is 16.1 Å². The van der Waals surface area contributed by atoms with Crippen molar-refractivity contribution in [2.45, 2.75) is 39.3 Å². The van der Waals surface area contributed by atoms with Crippen LogP contribution in [0.2, 0.25) is 0 Å². The summed E-state index contributed by atoms with van der Waals surface area (Å²) in [5.74, 6) is -0.786. The fraction of sp³-hybridized carbons (Fsp3) is 0.333. The minimum atomic E-state index is -3.87. The normalized spacial score (nSPS) is 11.9. The Labute approximate surface area is 235 Å².